The minimum absolute atomic E-state index is 0.871. The van der Waals surface area contributed by atoms with Crippen LogP contribution in [0.2, 0.25) is 0 Å². The molecule has 0 amide bonds. The van der Waals surface area contributed by atoms with Crippen LogP contribution >= 0.6 is 0 Å². The van der Waals surface area contributed by atoms with Gasteiger partial charge in [0.05, 0.1) is 0 Å². The zero-order chi connectivity index (χ0) is 10.2. The summed E-state index contributed by atoms with van der Waals surface area (Å²) in [5, 5.41) is 0. The lowest BCUT2D eigenvalue weighted by Gasteiger charge is -2.17. The van der Waals surface area contributed by atoms with Crippen LogP contribution in [0.1, 0.15) is 5.56 Å². The van der Waals surface area contributed by atoms with Crippen molar-refractivity contribution in [2.24, 2.45) is 0 Å². The molecular formula is C13H17N. The van der Waals surface area contributed by atoms with E-state index in [-0.39, 0.29) is 0 Å². The highest BCUT2D eigenvalue weighted by Gasteiger charge is 1.96. The number of benzene rings is 1. The van der Waals surface area contributed by atoms with Crippen molar-refractivity contribution in [3.8, 4) is 0 Å². The maximum Gasteiger partial charge on any atom is 0.0351 e. The van der Waals surface area contributed by atoms with Crippen LogP contribution in [0.25, 0.3) is 0 Å². The van der Waals surface area contributed by atoms with Gasteiger partial charge in [-0.3, -0.25) is 0 Å². The summed E-state index contributed by atoms with van der Waals surface area (Å²) in [7, 11) is 0. The fourth-order valence-corrected chi connectivity index (χ4v) is 1.34. The van der Waals surface area contributed by atoms with Gasteiger partial charge in [-0.25, -0.2) is 0 Å². The molecule has 1 heteroatoms. The summed E-state index contributed by atoms with van der Waals surface area (Å²) in [6.07, 6.45) is 4.82. The van der Waals surface area contributed by atoms with E-state index < -0.39 is 0 Å². The van der Waals surface area contributed by atoms with Crippen molar-refractivity contribution >= 4 is 0 Å². The first-order valence-corrected chi connectivity index (χ1v) is 4.88. The van der Waals surface area contributed by atoms with E-state index in [0.29, 0.717) is 0 Å². The molecule has 14 heavy (non-hydrogen) atoms. The Bertz CT molecular complexity index is 277. The van der Waals surface area contributed by atoms with Gasteiger partial charge in [0.15, 0.2) is 0 Å². The maximum absolute atomic E-state index is 3.77. The third kappa shape index (κ3) is 3.48. The predicted octanol–water partition coefficient (Wildman–Crippen LogP) is 2.86. The molecule has 0 aliphatic carbocycles. The Morgan fingerprint density at radius 3 is 2.43 bits per heavy atom. The Morgan fingerprint density at radius 2 is 1.86 bits per heavy atom. The molecule has 0 heterocycles. The standard InChI is InChI=1S/C13H17N/c1-3-11-14(4-2)12-10-13-8-6-5-7-9-13/h3-9H,1-2,10-12H2. The molecule has 0 aliphatic rings. The summed E-state index contributed by atoms with van der Waals surface area (Å²) in [4.78, 5) is 2.15. The number of rotatable bonds is 6. The molecule has 0 saturated carbocycles. The van der Waals surface area contributed by atoms with Crippen LogP contribution in [0.4, 0.5) is 0 Å². The van der Waals surface area contributed by atoms with Crippen LogP contribution in [0.15, 0.2) is 55.8 Å². The van der Waals surface area contributed by atoms with Crippen molar-refractivity contribution in [1.29, 1.82) is 0 Å². The smallest absolute Gasteiger partial charge is 0.0351 e. The molecule has 0 saturated heterocycles. The molecule has 74 valence electrons. The number of hydrogen-bond donors (Lipinski definition) is 0. The first-order chi connectivity index (χ1) is 6.86. The molecule has 0 bridgehead atoms. The molecule has 0 aliphatic heterocycles. The highest BCUT2D eigenvalue weighted by atomic mass is 15.1. The fraction of sp³-hybridized carbons (Fsp3) is 0.231. The van der Waals surface area contributed by atoms with Gasteiger partial charge in [0.25, 0.3) is 0 Å². The fourth-order valence-electron chi connectivity index (χ4n) is 1.34. The molecule has 0 atom stereocenters. The van der Waals surface area contributed by atoms with E-state index in [1.54, 1.807) is 0 Å². The Hall–Kier alpha value is -1.50. The van der Waals surface area contributed by atoms with E-state index in [2.05, 4.69) is 42.3 Å². The van der Waals surface area contributed by atoms with E-state index in [1.807, 2.05) is 18.3 Å². The van der Waals surface area contributed by atoms with E-state index in [4.69, 9.17) is 0 Å². The van der Waals surface area contributed by atoms with Crippen LogP contribution < -0.4 is 0 Å². The van der Waals surface area contributed by atoms with Gasteiger partial charge in [0.2, 0.25) is 0 Å². The zero-order valence-corrected chi connectivity index (χ0v) is 8.52. The minimum atomic E-state index is 0.871. The van der Waals surface area contributed by atoms with Crippen molar-refractivity contribution in [1.82, 2.24) is 4.90 Å². The predicted molar refractivity (Wildman–Crippen MR) is 62.1 cm³/mol. The molecule has 0 aromatic heterocycles. The first-order valence-electron chi connectivity index (χ1n) is 4.88. The molecule has 0 spiro atoms. The van der Waals surface area contributed by atoms with Crippen LogP contribution in [0.5, 0.6) is 0 Å². The topological polar surface area (TPSA) is 3.24 Å². The Kier molecular flexibility index (Phi) is 4.56. The van der Waals surface area contributed by atoms with Crippen molar-refractivity contribution in [2.45, 2.75) is 6.42 Å². The van der Waals surface area contributed by atoms with Crippen LogP contribution in [-0.2, 0) is 6.42 Å². The summed E-state index contributed by atoms with van der Waals surface area (Å²) in [5.74, 6) is 0. The van der Waals surface area contributed by atoms with Gasteiger partial charge >= 0.3 is 0 Å². The molecule has 0 fully saturated rings. The lowest BCUT2D eigenvalue weighted by molar-refractivity contribution is 0.421. The zero-order valence-electron chi connectivity index (χ0n) is 8.52. The molecular weight excluding hydrogens is 170 g/mol. The van der Waals surface area contributed by atoms with Gasteiger partial charge in [-0.2, -0.15) is 0 Å². The molecule has 0 radical (unpaired) electrons. The molecule has 1 aromatic rings. The quantitative estimate of drug-likeness (QED) is 0.619. The first kappa shape index (κ1) is 10.6. The van der Waals surface area contributed by atoms with Crippen molar-refractivity contribution in [3.05, 3.63) is 61.3 Å². The van der Waals surface area contributed by atoms with Gasteiger partial charge in [0.1, 0.15) is 0 Å². The van der Waals surface area contributed by atoms with Gasteiger partial charge in [-0.1, -0.05) is 43.0 Å². The molecule has 0 N–H and O–H groups in total. The largest absolute Gasteiger partial charge is 0.374 e. The summed E-state index contributed by atoms with van der Waals surface area (Å²) < 4.78 is 0. The summed E-state index contributed by atoms with van der Waals surface area (Å²) in [6, 6.07) is 10.5. The van der Waals surface area contributed by atoms with E-state index in [1.165, 1.54) is 5.56 Å². The summed E-state index contributed by atoms with van der Waals surface area (Å²) in [6.45, 7) is 9.35. The lowest BCUT2D eigenvalue weighted by Crippen LogP contribution is -2.19. The monoisotopic (exact) mass is 187 g/mol. The summed E-state index contributed by atoms with van der Waals surface area (Å²) in [5.41, 5.74) is 1.36. The average molecular weight is 187 g/mol. The second-order valence-electron chi connectivity index (χ2n) is 3.20. The van der Waals surface area contributed by atoms with Gasteiger partial charge < -0.3 is 4.90 Å². The average Bonchev–Trinajstić information content (AvgIpc) is 2.25. The Morgan fingerprint density at radius 1 is 1.14 bits per heavy atom. The molecule has 1 rings (SSSR count). The van der Waals surface area contributed by atoms with Crippen molar-refractivity contribution in [3.63, 3.8) is 0 Å². The number of nitrogens with zero attached hydrogens (tertiary/aromatic N) is 1. The van der Waals surface area contributed by atoms with E-state index in [9.17, 15) is 0 Å². The Balaban J connectivity index is 2.39. The lowest BCUT2D eigenvalue weighted by atomic mass is 10.1. The Labute approximate surface area is 86.4 Å². The van der Waals surface area contributed by atoms with Gasteiger partial charge in [-0.05, 0) is 18.2 Å². The van der Waals surface area contributed by atoms with E-state index in [0.717, 1.165) is 19.5 Å². The van der Waals surface area contributed by atoms with Gasteiger partial charge in [0, 0.05) is 13.1 Å². The second-order valence-corrected chi connectivity index (χ2v) is 3.20. The SMILES string of the molecule is C=CCN(C=C)CCc1ccccc1. The van der Waals surface area contributed by atoms with Crippen LogP contribution in [-0.4, -0.2) is 18.0 Å². The second kappa shape index (κ2) is 6.03. The summed E-state index contributed by atoms with van der Waals surface area (Å²) >= 11 is 0. The normalized spacial score (nSPS) is 9.43. The molecule has 1 nitrogen and oxygen atoms in total. The van der Waals surface area contributed by atoms with Gasteiger partial charge in [-0.15, -0.1) is 6.58 Å². The molecule has 0 unspecified atom stereocenters. The molecule has 1 aromatic carbocycles. The minimum Gasteiger partial charge on any atom is -0.374 e. The third-order valence-electron chi connectivity index (χ3n) is 2.15. The van der Waals surface area contributed by atoms with Crippen LogP contribution in [0, 0.1) is 0 Å². The van der Waals surface area contributed by atoms with Crippen molar-refractivity contribution in [2.75, 3.05) is 13.1 Å². The third-order valence-corrected chi connectivity index (χ3v) is 2.15. The van der Waals surface area contributed by atoms with E-state index >= 15 is 0 Å². The maximum atomic E-state index is 3.77. The highest BCUT2D eigenvalue weighted by Crippen LogP contribution is 2.01. The van der Waals surface area contributed by atoms with Crippen LogP contribution in [0.3, 0.4) is 0 Å². The number of hydrogen-bond acceptors (Lipinski definition) is 1. The highest BCUT2D eigenvalue weighted by molar-refractivity contribution is 5.15. The van der Waals surface area contributed by atoms with Crippen molar-refractivity contribution < 1.29 is 0 Å².